The zero-order valence-corrected chi connectivity index (χ0v) is 11.6. The molecule has 1 saturated heterocycles. The number of nitrogens with two attached hydrogens (primary N) is 1. The molecular formula is C15H30N2. The van der Waals surface area contributed by atoms with Crippen LogP contribution in [-0.2, 0) is 0 Å². The molecule has 0 aromatic rings. The Kier molecular flexibility index (Phi) is 4.87. The summed E-state index contributed by atoms with van der Waals surface area (Å²) in [5.74, 6) is 0. The molecule has 2 aliphatic rings. The Hall–Kier alpha value is -0.0800. The standard InChI is InChI=1S/C15H30N2/c1-2-7-14-15(8-4-3-5-9-15)10-13-17(14)12-6-11-16/h14H,2-13,16H2,1H3. The fraction of sp³-hybridized carbons (Fsp3) is 1.00. The smallest absolute Gasteiger partial charge is 0.0152 e. The van der Waals surface area contributed by atoms with Crippen molar-refractivity contribution < 1.29 is 0 Å². The Labute approximate surface area is 107 Å². The van der Waals surface area contributed by atoms with Gasteiger partial charge in [0.05, 0.1) is 0 Å². The number of rotatable bonds is 5. The minimum Gasteiger partial charge on any atom is -0.330 e. The first-order valence-electron chi connectivity index (χ1n) is 7.76. The number of likely N-dealkylation sites (tertiary alicyclic amines) is 1. The molecule has 1 unspecified atom stereocenters. The molecule has 0 aromatic carbocycles. The SMILES string of the molecule is CCCC1N(CCCN)CCC12CCCCC2. The molecule has 17 heavy (non-hydrogen) atoms. The summed E-state index contributed by atoms with van der Waals surface area (Å²) in [5, 5.41) is 0. The van der Waals surface area contributed by atoms with Gasteiger partial charge < -0.3 is 5.73 Å². The van der Waals surface area contributed by atoms with E-state index in [1.54, 1.807) is 0 Å². The van der Waals surface area contributed by atoms with Crippen LogP contribution in [0.3, 0.4) is 0 Å². The van der Waals surface area contributed by atoms with Crippen molar-refractivity contribution in [2.45, 2.75) is 70.8 Å². The lowest BCUT2D eigenvalue weighted by Gasteiger charge is -2.41. The van der Waals surface area contributed by atoms with Crippen molar-refractivity contribution in [2.24, 2.45) is 11.1 Å². The minimum absolute atomic E-state index is 0.697. The topological polar surface area (TPSA) is 29.3 Å². The van der Waals surface area contributed by atoms with Crippen molar-refractivity contribution in [2.75, 3.05) is 19.6 Å². The summed E-state index contributed by atoms with van der Waals surface area (Å²) in [6, 6.07) is 0.874. The van der Waals surface area contributed by atoms with E-state index < -0.39 is 0 Å². The molecule has 1 aliphatic carbocycles. The monoisotopic (exact) mass is 238 g/mol. The molecule has 1 spiro atoms. The first-order valence-corrected chi connectivity index (χ1v) is 7.76. The van der Waals surface area contributed by atoms with E-state index in [1.807, 2.05) is 0 Å². The van der Waals surface area contributed by atoms with Gasteiger partial charge in [-0.1, -0.05) is 32.6 Å². The van der Waals surface area contributed by atoms with Crippen LogP contribution in [-0.4, -0.2) is 30.6 Å². The van der Waals surface area contributed by atoms with E-state index in [4.69, 9.17) is 5.73 Å². The highest BCUT2D eigenvalue weighted by Gasteiger charge is 2.46. The molecule has 2 N–H and O–H groups in total. The Morgan fingerprint density at radius 2 is 1.94 bits per heavy atom. The maximum atomic E-state index is 5.67. The third-order valence-electron chi connectivity index (χ3n) is 5.11. The Balaban J connectivity index is 2.01. The third-order valence-corrected chi connectivity index (χ3v) is 5.11. The van der Waals surface area contributed by atoms with Gasteiger partial charge in [-0.3, -0.25) is 4.90 Å². The van der Waals surface area contributed by atoms with E-state index in [2.05, 4.69) is 11.8 Å². The highest BCUT2D eigenvalue weighted by Crippen LogP contribution is 2.49. The van der Waals surface area contributed by atoms with Gasteiger partial charge >= 0.3 is 0 Å². The van der Waals surface area contributed by atoms with Crippen LogP contribution in [0.15, 0.2) is 0 Å². The van der Waals surface area contributed by atoms with Gasteiger partial charge in [0.2, 0.25) is 0 Å². The molecule has 2 heteroatoms. The van der Waals surface area contributed by atoms with Crippen LogP contribution in [0.1, 0.15) is 64.7 Å². The molecule has 1 heterocycles. The van der Waals surface area contributed by atoms with Crippen molar-refractivity contribution in [3.63, 3.8) is 0 Å². The molecule has 0 bridgehead atoms. The van der Waals surface area contributed by atoms with Crippen molar-refractivity contribution >= 4 is 0 Å². The van der Waals surface area contributed by atoms with Crippen molar-refractivity contribution in [1.82, 2.24) is 4.90 Å². The molecule has 2 fully saturated rings. The maximum Gasteiger partial charge on any atom is 0.0152 e. The lowest BCUT2D eigenvalue weighted by molar-refractivity contribution is 0.0995. The lowest BCUT2D eigenvalue weighted by atomic mass is 9.68. The average molecular weight is 238 g/mol. The predicted molar refractivity (Wildman–Crippen MR) is 74.1 cm³/mol. The van der Waals surface area contributed by atoms with Gasteiger partial charge in [-0.25, -0.2) is 0 Å². The largest absolute Gasteiger partial charge is 0.330 e. The minimum atomic E-state index is 0.697. The van der Waals surface area contributed by atoms with Crippen LogP contribution >= 0.6 is 0 Å². The van der Waals surface area contributed by atoms with Crippen molar-refractivity contribution in [1.29, 1.82) is 0 Å². The van der Waals surface area contributed by atoms with E-state index in [0.717, 1.165) is 12.6 Å². The van der Waals surface area contributed by atoms with Crippen LogP contribution in [0.5, 0.6) is 0 Å². The molecule has 0 radical (unpaired) electrons. The lowest BCUT2D eigenvalue weighted by Crippen LogP contribution is -2.41. The number of hydrogen-bond donors (Lipinski definition) is 1. The zero-order valence-electron chi connectivity index (χ0n) is 11.6. The van der Waals surface area contributed by atoms with Gasteiger partial charge in [0.1, 0.15) is 0 Å². The quantitative estimate of drug-likeness (QED) is 0.797. The fourth-order valence-corrected chi connectivity index (χ4v) is 4.24. The molecule has 100 valence electrons. The molecule has 1 atom stereocenters. The maximum absolute atomic E-state index is 5.67. The Morgan fingerprint density at radius 3 is 2.59 bits per heavy atom. The summed E-state index contributed by atoms with van der Waals surface area (Å²) in [6.07, 6.45) is 12.8. The van der Waals surface area contributed by atoms with Gasteiger partial charge in [-0.2, -0.15) is 0 Å². The Bertz CT molecular complexity index is 221. The summed E-state index contributed by atoms with van der Waals surface area (Å²) in [4.78, 5) is 2.77. The second kappa shape index (κ2) is 6.19. The summed E-state index contributed by atoms with van der Waals surface area (Å²) < 4.78 is 0. The molecule has 2 nitrogen and oxygen atoms in total. The highest BCUT2D eigenvalue weighted by molar-refractivity contribution is 4.99. The summed E-state index contributed by atoms with van der Waals surface area (Å²) in [6.45, 7) is 5.77. The summed E-state index contributed by atoms with van der Waals surface area (Å²) in [5.41, 5.74) is 6.37. The fourth-order valence-electron chi connectivity index (χ4n) is 4.24. The van der Waals surface area contributed by atoms with E-state index in [-0.39, 0.29) is 0 Å². The molecule has 0 aromatic heterocycles. The predicted octanol–water partition coefficient (Wildman–Crippen LogP) is 3.16. The van der Waals surface area contributed by atoms with E-state index >= 15 is 0 Å². The van der Waals surface area contributed by atoms with Gasteiger partial charge in [0.25, 0.3) is 0 Å². The summed E-state index contributed by atoms with van der Waals surface area (Å²) in [7, 11) is 0. The number of nitrogens with zero attached hydrogens (tertiary/aromatic N) is 1. The van der Waals surface area contributed by atoms with Crippen LogP contribution in [0, 0.1) is 5.41 Å². The zero-order chi connectivity index (χ0) is 12.1. The molecule has 1 aliphatic heterocycles. The first kappa shape index (κ1) is 13.4. The van der Waals surface area contributed by atoms with E-state index in [9.17, 15) is 0 Å². The third kappa shape index (κ3) is 2.85. The summed E-state index contributed by atoms with van der Waals surface area (Å²) >= 11 is 0. The van der Waals surface area contributed by atoms with Crippen LogP contribution in [0.2, 0.25) is 0 Å². The van der Waals surface area contributed by atoms with Crippen LogP contribution in [0.4, 0.5) is 0 Å². The second-order valence-corrected chi connectivity index (χ2v) is 6.16. The highest BCUT2D eigenvalue weighted by atomic mass is 15.2. The molecular weight excluding hydrogens is 208 g/mol. The first-order chi connectivity index (χ1) is 8.32. The molecule has 0 amide bonds. The molecule has 1 saturated carbocycles. The van der Waals surface area contributed by atoms with Crippen LogP contribution < -0.4 is 5.73 Å². The van der Waals surface area contributed by atoms with Crippen molar-refractivity contribution in [3.8, 4) is 0 Å². The van der Waals surface area contributed by atoms with Crippen LogP contribution in [0.25, 0.3) is 0 Å². The van der Waals surface area contributed by atoms with E-state index in [1.165, 1.54) is 70.9 Å². The van der Waals surface area contributed by atoms with Gasteiger partial charge in [-0.15, -0.1) is 0 Å². The van der Waals surface area contributed by atoms with Gasteiger partial charge in [-0.05, 0) is 57.2 Å². The van der Waals surface area contributed by atoms with Gasteiger partial charge in [0.15, 0.2) is 0 Å². The van der Waals surface area contributed by atoms with Crippen molar-refractivity contribution in [3.05, 3.63) is 0 Å². The van der Waals surface area contributed by atoms with E-state index in [0.29, 0.717) is 5.41 Å². The normalized spacial score (nSPS) is 28.9. The second-order valence-electron chi connectivity index (χ2n) is 6.16. The number of hydrogen-bond acceptors (Lipinski definition) is 2. The molecule has 2 rings (SSSR count). The Morgan fingerprint density at radius 1 is 1.18 bits per heavy atom. The van der Waals surface area contributed by atoms with Gasteiger partial charge in [0, 0.05) is 6.04 Å². The average Bonchev–Trinajstić information content (AvgIpc) is 2.68.